The molecular weight excluding hydrogens is 200 g/mol. The van der Waals surface area contributed by atoms with Gasteiger partial charge < -0.3 is 11.1 Å². The molecule has 0 radical (unpaired) electrons. The molecule has 0 spiro atoms. The van der Waals surface area contributed by atoms with E-state index in [4.69, 9.17) is 5.73 Å². The Balaban J connectivity index is 2.14. The largest absolute Gasteiger partial charge is 0.356 e. The van der Waals surface area contributed by atoms with Crippen molar-refractivity contribution in [2.45, 2.75) is 51.9 Å². The Morgan fingerprint density at radius 3 is 2.81 bits per heavy atom. The molecule has 1 rings (SSSR count). The Bertz CT molecular complexity index is 206. The van der Waals surface area contributed by atoms with Crippen molar-refractivity contribution < 1.29 is 4.79 Å². The summed E-state index contributed by atoms with van der Waals surface area (Å²) in [5.41, 5.74) is 5.68. The highest BCUT2D eigenvalue weighted by atomic mass is 16.1. The number of carbonyl (C=O) groups is 1. The molecule has 0 saturated heterocycles. The van der Waals surface area contributed by atoms with Crippen LogP contribution in [0.5, 0.6) is 0 Å². The highest BCUT2D eigenvalue weighted by Crippen LogP contribution is 2.30. The summed E-state index contributed by atoms with van der Waals surface area (Å²) in [6, 6.07) is 0. The molecule has 3 N–H and O–H groups in total. The molecule has 0 aromatic carbocycles. The SMILES string of the molecule is CCCCCCNC(=O)C1CCCC1CN. The molecule has 2 unspecified atom stereocenters. The Morgan fingerprint density at radius 1 is 1.31 bits per heavy atom. The summed E-state index contributed by atoms with van der Waals surface area (Å²) in [6.45, 7) is 3.70. The van der Waals surface area contributed by atoms with Crippen LogP contribution in [0.1, 0.15) is 51.9 Å². The van der Waals surface area contributed by atoms with Gasteiger partial charge in [0.2, 0.25) is 5.91 Å². The van der Waals surface area contributed by atoms with Crippen LogP contribution < -0.4 is 11.1 Å². The smallest absolute Gasteiger partial charge is 0.223 e. The third-order valence-electron chi connectivity index (χ3n) is 3.63. The third-order valence-corrected chi connectivity index (χ3v) is 3.63. The van der Waals surface area contributed by atoms with Crippen molar-refractivity contribution >= 4 is 5.91 Å². The molecule has 1 aliphatic rings. The predicted octanol–water partition coefficient (Wildman–Crippen LogP) is 2.06. The molecule has 0 bridgehead atoms. The molecule has 0 aromatic heterocycles. The zero-order chi connectivity index (χ0) is 11.8. The van der Waals surface area contributed by atoms with Gasteiger partial charge in [-0.15, -0.1) is 0 Å². The van der Waals surface area contributed by atoms with Crippen molar-refractivity contribution in [2.75, 3.05) is 13.1 Å². The van der Waals surface area contributed by atoms with Gasteiger partial charge in [0.15, 0.2) is 0 Å². The summed E-state index contributed by atoms with van der Waals surface area (Å²) in [5.74, 6) is 0.858. The molecule has 1 amide bonds. The first-order chi connectivity index (χ1) is 7.79. The fourth-order valence-electron chi connectivity index (χ4n) is 2.56. The van der Waals surface area contributed by atoms with Crippen molar-refractivity contribution in [1.82, 2.24) is 5.32 Å². The lowest BCUT2D eigenvalue weighted by atomic mass is 9.95. The number of rotatable bonds is 7. The second-order valence-corrected chi connectivity index (χ2v) is 4.88. The van der Waals surface area contributed by atoms with E-state index in [1.807, 2.05) is 0 Å². The highest BCUT2D eigenvalue weighted by Gasteiger charge is 2.31. The normalized spacial score (nSPS) is 24.6. The number of nitrogens with one attached hydrogen (secondary N) is 1. The van der Waals surface area contributed by atoms with Gasteiger partial charge in [-0.1, -0.05) is 32.6 Å². The number of hydrogen-bond donors (Lipinski definition) is 2. The molecule has 1 aliphatic carbocycles. The quantitative estimate of drug-likeness (QED) is 0.653. The molecule has 1 saturated carbocycles. The minimum Gasteiger partial charge on any atom is -0.356 e. The summed E-state index contributed by atoms with van der Waals surface area (Å²) in [7, 11) is 0. The van der Waals surface area contributed by atoms with Crippen LogP contribution in [0.3, 0.4) is 0 Å². The van der Waals surface area contributed by atoms with Crippen LogP contribution in [0.15, 0.2) is 0 Å². The molecular formula is C13H26N2O. The summed E-state index contributed by atoms with van der Waals surface area (Å²) in [6.07, 6.45) is 8.17. The predicted molar refractivity (Wildman–Crippen MR) is 67.0 cm³/mol. The average molecular weight is 226 g/mol. The van der Waals surface area contributed by atoms with Crippen molar-refractivity contribution in [3.05, 3.63) is 0 Å². The van der Waals surface area contributed by atoms with E-state index in [1.165, 1.54) is 19.3 Å². The maximum absolute atomic E-state index is 11.9. The van der Waals surface area contributed by atoms with Gasteiger partial charge in [-0.05, 0) is 31.7 Å². The average Bonchev–Trinajstić information content (AvgIpc) is 2.76. The minimum atomic E-state index is 0.191. The van der Waals surface area contributed by atoms with E-state index >= 15 is 0 Å². The lowest BCUT2D eigenvalue weighted by Crippen LogP contribution is -2.35. The Kier molecular flexibility index (Phi) is 6.46. The maximum Gasteiger partial charge on any atom is 0.223 e. The highest BCUT2D eigenvalue weighted by molar-refractivity contribution is 5.79. The van der Waals surface area contributed by atoms with Gasteiger partial charge in [0.25, 0.3) is 0 Å². The molecule has 16 heavy (non-hydrogen) atoms. The number of nitrogens with two attached hydrogens (primary N) is 1. The molecule has 94 valence electrons. The van der Waals surface area contributed by atoms with Crippen LogP contribution >= 0.6 is 0 Å². The lowest BCUT2D eigenvalue weighted by Gasteiger charge is -2.17. The molecule has 0 aliphatic heterocycles. The summed E-state index contributed by atoms with van der Waals surface area (Å²) >= 11 is 0. The van der Waals surface area contributed by atoms with Gasteiger partial charge in [-0.25, -0.2) is 0 Å². The van der Waals surface area contributed by atoms with Crippen molar-refractivity contribution in [3.8, 4) is 0 Å². The lowest BCUT2D eigenvalue weighted by molar-refractivity contribution is -0.125. The van der Waals surface area contributed by atoms with E-state index in [2.05, 4.69) is 12.2 Å². The second kappa shape index (κ2) is 7.66. The van der Waals surface area contributed by atoms with Crippen molar-refractivity contribution in [3.63, 3.8) is 0 Å². The molecule has 0 heterocycles. The van der Waals surface area contributed by atoms with Gasteiger partial charge in [-0.2, -0.15) is 0 Å². The van der Waals surface area contributed by atoms with Crippen molar-refractivity contribution in [2.24, 2.45) is 17.6 Å². The molecule has 0 aromatic rings. The number of hydrogen-bond acceptors (Lipinski definition) is 2. The van der Waals surface area contributed by atoms with Crippen LogP contribution in [0.4, 0.5) is 0 Å². The molecule has 3 nitrogen and oxygen atoms in total. The van der Waals surface area contributed by atoms with Crippen LogP contribution in [0.2, 0.25) is 0 Å². The van der Waals surface area contributed by atoms with E-state index in [-0.39, 0.29) is 11.8 Å². The Labute approximate surface area is 99.2 Å². The van der Waals surface area contributed by atoms with Crippen LogP contribution in [0, 0.1) is 11.8 Å². The van der Waals surface area contributed by atoms with E-state index in [0.29, 0.717) is 12.5 Å². The standard InChI is InChI=1S/C13H26N2O/c1-2-3-4-5-9-15-13(16)12-8-6-7-11(12)10-14/h11-12H,2-10,14H2,1H3,(H,15,16). The van der Waals surface area contributed by atoms with E-state index in [9.17, 15) is 4.79 Å². The van der Waals surface area contributed by atoms with Crippen LogP contribution in [-0.2, 0) is 4.79 Å². The monoisotopic (exact) mass is 226 g/mol. The number of unbranched alkanes of at least 4 members (excludes halogenated alkanes) is 3. The first-order valence-corrected chi connectivity index (χ1v) is 6.77. The third kappa shape index (κ3) is 4.12. The topological polar surface area (TPSA) is 55.1 Å². The first kappa shape index (κ1) is 13.5. The fourth-order valence-corrected chi connectivity index (χ4v) is 2.56. The molecule has 1 fully saturated rings. The fraction of sp³-hybridized carbons (Fsp3) is 0.923. The summed E-state index contributed by atoms with van der Waals surface area (Å²) in [4.78, 5) is 11.9. The molecule has 3 heteroatoms. The van der Waals surface area contributed by atoms with Crippen LogP contribution in [0.25, 0.3) is 0 Å². The Hall–Kier alpha value is -0.570. The van der Waals surface area contributed by atoms with Gasteiger partial charge in [-0.3, -0.25) is 4.79 Å². The maximum atomic E-state index is 11.9. The van der Waals surface area contributed by atoms with Gasteiger partial charge >= 0.3 is 0 Å². The Morgan fingerprint density at radius 2 is 2.12 bits per heavy atom. The zero-order valence-corrected chi connectivity index (χ0v) is 10.5. The van der Waals surface area contributed by atoms with Crippen LogP contribution in [-0.4, -0.2) is 19.0 Å². The summed E-state index contributed by atoms with van der Waals surface area (Å²) < 4.78 is 0. The number of carbonyl (C=O) groups excluding carboxylic acids is 1. The zero-order valence-electron chi connectivity index (χ0n) is 10.5. The van der Waals surface area contributed by atoms with Gasteiger partial charge in [0.05, 0.1) is 0 Å². The minimum absolute atomic E-state index is 0.191. The van der Waals surface area contributed by atoms with Crippen molar-refractivity contribution in [1.29, 1.82) is 0 Å². The summed E-state index contributed by atoms with van der Waals surface area (Å²) in [5, 5.41) is 3.05. The van der Waals surface area contributed by atoms with E-state index in [1.54, 1.807) is 0 Å². The first-order valence-electron chi connectivity index (χ1n) is 6.77. The van der Waals surface area contributed by atoms with E-state index in [0.717, 1.165) is 32.2 Å². The van der Waals surface area contributed by atoms with E-state index < -0.39 is 0 Å². The molecule has 2 atom stereocenters. The van der Waals surface area contributed by atoms with Gasteiger partial charge in [0, 0.05) is 12.5 Å². The number of amides is 1. The van der Waals surface area contributed by atoms with Gasteiger partial charge in [0.1, 0.15) is 0 Å². The second-order valence-electron chi connectivity index (χ2n) is 4.88.